The zero-order valence-electron chi connectivity index (χ0n) is 19.1. The molecule has 0 saturated carbocycles. The number of rotatable bonds is 22. The molecule has 0 bridgehead atoms. The molecule has 3 heteroatoms. The van der Waals surface area contributed by atoms with Crippen LogP contribution in [0.25, 0.3) is 0 Å². The summed E-state index contributed by atoms with van der Waals surface area (Å²) in [6.45, 7) is 12.6. The Morgan fingerprint density at radius 2 is 0.852 bits per heavy atom. The van der Waals surface area contributed by atoms with Crippen molar-refractivity contribution >= 4 is 0 Å². The molecule has 0 aliphatic heterocycles. The van der Waals surface area contributed by atoms with Gasteiger partial charge in [-0.05, 0) is 65.2 Å². The van der Waals surface area contributed by atoms with Crippen LogP contribution in [0.1, 0.15) is 118 Å². The van der Waals surface area contributed by atoms with Crippen LogP contribution in [0.2, 0.25) is 0 Å². The van der Waals surface area contributed by atoms with Crippen molar-refractivity contribution in [2.45, 2.75) is 130 Å². The third-order valence-corrected chi connectivity index (χ3v) is 5.05. The SMILES string of the molecule is CCCCCCOCCCCC(C)OC(C)CCCCOCCCCCC. The molecule has 3 nitrogen and oxygen atoms in total. The summed E-state index contributed by atoms with van der Waals surface area (Å²) in [5.41, 5.74) is 0. The van der Waals surface area contributed by atoms with Crippen LogP contribution in [0, 0.1) is 0 Å². The van der Waals surface area contributed by atoms with Gasteiger partial charge in [0.25, 0.3) is 0 Å². The third kappa shape index (κ3) is 22.0. The zero-order chi connectivity index (χ0) is 20.0. The molecular formula is C24H50O3. The van der Waals surface area contributed by atoms with Crippen molar-refractivity contribution in [2.24, 2.45) is 0 Å². The first-order chi connectivity index (χ1) is 13.2. The van der Waals surface area contributed by atoms with Crippen molar-refractivity contribution < 1.29 is 14.2 Å². The lowest BCUT2D eigenvalue weighted by molar-refractivity contribution is -0.00422. The number of hydrogen-bond acceptors (Lipinski definition) is 3. The van der Waals surface area contributed by atoms with Gasteiger partial charge in [0, 0.05) is 26.4 Å². The van der Waals surface area contributed by atoms with Crippen molar-refractivity contribution in [3.8, 4) is 0 Å². The Morgan fingerprint density at radius 1 is 0.481 bits per heavy atom. The largest absolute Gasteiger partial charge is 0.381 e. The van der Waals surface area contributed by atoms with Crippen LogP contribution in [0.5, 0.6) is 0 Å². The highest BCUT2D eigenvalue weighted by Gasteiger charge is 2.08. The van der Waals surface area contributed by atoms with Crippen molar-refractivity contribution in [3.05, 3.63) is 0 Å². The van der Waals surface area contributed by atoms with Gasteiger partial charge in [-0.2, -0.15) is 0 Å². The van der Waals surface area contributed by atoms with Crippen molar-refractivity contribution in [2.75, 3.05) is 26.4 Å². The fraction of sp³-hybridized carbons (Fsp3) is 1.00. The van der Waals surface area contributed by atoms with Crippen LogP contribution < -0.4 is 0 Å². The average molecular weight is 387 g/mol. The second-order valence-corrected chi connectivity index (χ2v) is 8.09. The highest BCUT2D eigenvalue weighted by atomic mass is 16.5. The molecule has 164 valence electrons. The van der Waals surface area contributed by atoms with E-state index in [1.165, 1.54) is 64.2 Å². The summed E-state index contributed by atoms with van der Waals surface area (Å²) in [6.07, 6.45) is 18.0. The van der Waals surface area contributed by atoms with E-state index >= 15 is 0 Å². The van der Waals surface area contributed by atoms with Gasteiger partial charge in [0.1, 0.15) is 0 Å². The van der Waals surface area contributed by atoms with E-state index in [1.807, 2.05) is 0 Å². The van der Waals surface area contributed by atoms with Gasteiger partial charge >= 0.3 is 0 Å². The first-order valence-corrected chi connectivity index (χ1v) is 12.0. The second-order valence-electron chi connectivity index (χ2n) is 8.09. The van der Waals surface area contributed by atoms with Gasteiger partial charge in [0.2, 0.25) is 0 Å². The molecule has 0 radical (unpaired) electrons. The normalized spacial score (nSPS) is 13.8. The lowest BCUT2D eigenvalue weighted by Crippen LogP contribution is -2.17. The molecule has 0 N–H and O–H groups in total. The molecule has 0 rings (SSSR count). The van der Waals surface area contributed by atoms with Crippen LogP contribution >= 0.6 is 0 Å². The molecule has 0 aromatic heterocycles. The zero-order valence-corrected chi connectivity index (χ0v) is 19.1. The minimum absolute atomic E-state index is 0.361. The Bertz CT molecular complexity index is 244. The molecule has 0 aliphatic carbocycles. The number of ether oxygens (including phenoxy) is 3. The predicted molar refractivity (Wildman–Crippen MR) is 118 cm³/mol. The van der Waals surface area contributed by atoms with Gasteiger partial charge in [-0.25, -0.2) is 0 Å². The highest BCUT2D eigenvalue weighted by molar-refractivity contribution is 4.57. The summed E-state index contributed by atoms with van der Waals surface area (Å²) in [6, 6.07) is 0. The second kappa shape index (κ2) is 22.2. The molecule has 27 heavy (non-hydrogen) atoms. The van der Waals surface area contributed by atoms with E-state index in [1.54, 1.807) is 0 Å². The maximum atomic E-state index is 6.11. The monoisotopic (exact) mass is 386 g/mol. The minimum Gasteiger partial charge on any atom is -0.381 e. The first-order valence-electron chi connectivity index (χ1n) is 12.0. The van der Waals surface area contributed by atoms with Gasteiger partial charge in [-0.1, -0.05) is 52.4 Å². The lowest BCUT2D eigenvalue weighted by atomic mass is 10.1. The Hall–Kier alpha value is -0.120. The van der Waals surface area contributed by atoms with Crippen molar-refractivity contribution in [1.82, 2.24) is 0 Å². The van der Waals surface area contributed by atoms with Crippen LogP contribution in [-0.2, 0) is 14.2 Å². The molecule has 0 aromatic rings. The molecule has 0 spiro atoms. The number of hydrogen-bond donors (Lipinski definition) is 0. The Morgan fingerprint density at radius 3 is 1.22 bits per heavy atom. The summed E-state index contributed by atoms with van der Waals surface area (Å²) in [4.78, 5) is 0. The molecule has 2 unspecified atom stereocenters. The minimum atomic E-state index is 0.361. The van der Waals surface area contributed by atoms with Gasteiger partial charge in [-0.3, -0.25) is 0 Å². The van der Waals surface area contributed by atoms with Gasteiger partial charge in [-0.15, -0.1) is 0 Å². The van der Waals surface area contributed by atoms with E-state index in [0.717, 1.165) is 52.1 Å². The smallest absolute Gasteiger partial charge is 0.0550 e. The van der Waals surface area contributed by atoms with Gasteiger partial charge in [0.15, 0.2) is 0 Å². The fourth-order valence-corrected chi connectivity index (χ4v) is 3.27. The third-order valence-electron chi connectivity index (χ3n) is 5.05. The van der Waals surface area contributed by atoms with Crippen molar-refractivity contribution in [3.63, 3.8) is 0 Å². The van der Waals surface area contributed by atoms with Crippen LogP contribution in [0.3, 0.4) is 0 Å². The average Bonchev–Trinajstić information content (AvgIpc) is 2.65. The van der Waals surface area contributed by atoms with E-state index in [-0.39, 0.29) is 0 Å². The Kier molecular flexibility index (Phi) is 22.1. The van der Waals surface area contributed by atoms with E-state index in [2.05, 4.69) is 27.7 Å². The van der Waals surface area contributed by atoms with Gasteiger partial charge < -0.3 is 14.2 Å². The molecule has 0 saturated heterocycles. The highest BCUT2D eigenvalue weighted by Crippen LogP contribution is 2.12. The van der Waals surface area contributed by atoms with E-state index in [4.69, 9.17) is 14.2 Å². The van der Waals surface area contributed by atoms with Crippen LogP contribution in [0.4, 0.5) is 0 Å². The maximum Gasteiger partial charge on any atom is 0.0550 e. The molecular weight excluding hydrogens is 336 g/mol. The van der Waals surface area contributed by atoms with E-state index < -0.39 is 0 Å². The summed E-state index contributed by atoms with van der Waals surface area (Å²) >= 11 is 0. The molecule has 0 heterocycles. The topological polar surface area (TPSA) is 27.7 Å². The lowest BCUT2D eigenvalue weighted by Gasteiger charge is -2.19. The Balaban J connectivity index is 3.30. The molecule has 2 atom stereocenters. The van der Waals surface area contributed by atoms with Crippen LogP contribution in [0.15, 0.2) is 0 Å². The van der Waals surface area contributed by atoms with E-state index in [9.17, 15) is 0 Å². The fourth-order valence-electron chi connectivity index (χ4n) is 3.27. The Labute approximate surface area is 170 Å². The van der Waals surface area contributed by atoms with Crippen molar-refractivity contribution in [1.29, 1.82) is 0 Å². The summed E-state index contributed by atoms with van der Waals surface area (Å²) in [7, 11) is 0. The standard InChI is InChI=1S/C24H50O3/c1-5-7-9-13-19-25-21-15-11-17-23(3)27-24(4)18-12-16-22-26-20-14-10-8-6-2/h23-24H,5-22H2,1-4H3. The first kappa shape index (κ1) is 26.9. The van der Waals surface area contributed by atoms with Gasteiger partial charge in [0.05, 0.1) is 12.2 Å². The summed E-state index contributed by atoms with van der Waals surface area (Å²) < 4.78 is 17.5. The quantitative estimate of drug-likeness (QED) is 0.182. The maximum absolute atomic E-state index is 6.11. The molecule has 0 aromatic carbocycles. The summed E-state index contributed by atoms with van der Waals surface area (Å²) in [5, 5.41) is 0. The van der Waals surface area contributed by atoms with E-state index in [0.29, 0.717) is 12.2 Å². The van der Waals surface area contributed by atoms with Crippen LogP contribution in [-0.4, -0.2) is 38.6 Å². The summed E-state index contributed by atoms with van der Waals surface area (Å²) in [5.74, 6) is 0. The molecule has 0 fully saturated rings. The predicted octanol–water partition coefficient (Wildman–Crippen LogP) is 7.31. The molecule has 0 amide bonds. The molecule has 0 aliphatic rings. The number of unbranched alkanes of at least 4 members (excludes halogenated alkanes) is 8.